The van der Waals surface area contributed by atoms with E-state index in [0.717, 1.165) is 12.8 Å². The number of hydrogen-bond acceptors (Lipinski definition) is 2. The van der Waals surface area contributed by atoms with Gasteiger partial charge in [0.25, 0.3) is 0 Å². The van der Waals surface area contributed by atoms with E-state index in [1.54, 1.807) is 0 Å². The normalized spacial score (nSPS) is 19.9. The fourth-order valence-electron chi connectivity index (χ4n) is 1.62. The molecule has 0 spiro atoms. The fraction of sp³-hybridized carbons (Fsp3) is 0.273. The Morgan fingerprint density at radius 3 is 2.60 bits per heavy atom. The quantitative estimate of drug-likeness (QED) is 0.746. The molecule has 4 heteroatoms. The summed E-state index contributed by atoms with van der Waals surface area (Å²) < 4.78 is 0. The maximum Gasteiger partial charge on any atom is 0.248 e. The van der Waals surface area contributed by atoms with Gasteiger partial charge in [0.1, 0.15) is 6.04 Å². The second-order valence-electron chi connectivity index (χ2n) is 3.54. The summed E-state index contributed by atoms with van der Waals surface area (Å²) in [7, 11) is 0. The zero-order valence-corrected chi connectivity index (χ0v) is 9.01. The molecule has 0 radical (unpaired) electrons. The van der Waals surface area contributed by atoms with Crippen LogP contribution in [-0.4, -0.2) is 17.1 Å². The van der Waals surface area contributed by atoms with E-state index in [-0.39, 0.29) is 11.9 Å². The Kier molecular flexibility index (Phi) is 2.97. The van der Waals surface area contributed by atoms with Crippen molar-refractivity contribution in [2.45, 2.75) is 18.9 Å². The number of hydrogen-bond donors (Lipinski definition) is 2. The Hall–Kier alpha value is -1.42. The lowest BCUT2D eigenvalue weighted by Gasteiger charge is -2.06. The smallest absolute Gasteiger partial charge is 0.248 e. The van der Waals surface area contributed by atoms with Gasteiger partial charge in [0.05, 0.1) is 0 Å². The topological polar surface area (TPSA) is 41.1 Å². The minimum absolute atomic E-state index is 0.0177. The maximum atomic E-state index is 11.3. The van der Waals surface area contributed by atoms with Gasteiger partial charge in [-0.1, -0.05) is 30.3 Å². The Morgan fingerprint density at radius 2 is 2.00 bits per heavy atom. The summed E-state index contributed by atoms with van der Waals surface area (Å²) in [5, 5.41) is 5.97. The number of aryl methyl sites for hydroxylation is 1. The first-order valence-electron chi connectivity index (χ1n) is 4.91. The average Bonchev–Trinajstić information content (AvgIpc) is 2.56. The summed E-state index contributed by atoms with van der Waals surface area (Å²) >= 11 is 4.86. The zero-order chi connectivity index (χ0) is 10.7. The van der Waals surface area contributed by atoms with Gasteiger partial charge in [-0.3, -0.25) is 4.79 Å². The van der Waals surface area contributed by atoms with Crippen molar-refractivity contribution in [3.63, 3.8) is 0 Å². The minimum atomic E-state index is -0.169. The molecular weight excluding hydrogens is 208 g/mol. The minimum Gasteiger partial charge on any atom is -0.351 e. The first-order chi connectivity index (χ1) is 7.25. The summed E-state index contributed by atoms with van der Waals surface area (Å²) in [6.07, 6.45) is 1.66. The summed E-state index contributed by atoms with van der Waals surface area (Å²) in [6, 6.07) is 9.94. The van der Waals surface area contributed by atoms with Crippen molar-refractivity contribution >= 4 is 23.2 Å². The monoisotopic (exact) mass is 220 g/mol. The van der Waals surface area contributed by atoms with Gasteiger partial charge in [-0.05, 0) is 30.6 Å². The van der Waals surface area contributed by atoms with E-state index < -0.39 is 0 Å². The van der Waals surface area contributed by atoms with Gasteiger partial charge in [-0.2, -0.15) is 0 Å². The molecule has 1 fully saturated rings. The van der Waals surface area contributed by atoms with Crippen molar-refractivity contribution in [2.75, 3.05) is 0 Å². The molecule has 1 saturated heterocycles. The molecule has 1 atom stereocenters. The molecule has 1 aromatic carbocycles. The highest BCUT2D eigenvalue weighted by Crippen LogP contribution is 2.07. The lowest BCUT2D eigenvalue weighted by Crippen LogP contribution is -2.29. The van der Waals surface area contributed by atoms with E-state index in [9.17, 15) is 4.79 Å². The van der Waals surface area contributed by atoms with Crippen molar-refractivity contribution in [1.82, 2.24) is 10.6 Å². The molecule has 1 unspecified atom stereocenters. The lowest BCUT2D eigenvalue weighted by molar-refractivity contribution is -0.120. The van der Waals surface area contributed by atoms with Crippen LogP contribution in [0.15, 0.2) is 30.3 Å². The van der Waals surface area contributed by atoms with Crippen molar-refractivity contribution < 1.29 is 4.79 Å². The third-order valence-corrected chi connectivity index (χ3v) is 2.64. The fourth-order valence-corrected chi connectivity index (χ4v) is 1.86. The van der Waals surface area contributed by atoms with Gasteiger partial charge in [-0.15, -0.1) is 0 Å². The number of amides is 1. The molecule has 3 nitrogen and oxygen atoms in total. The Labute approximate surface area is 93.9 Å². The third kappa shape index (κ3) is 2.53. The van der Waals surface area contributed by atoms with E-state index in [1.807, 2.05) is 18.2 Å². The molecule has 0 saturated carbocycles. The van der Waals surface area contributed by atoms with Crippen LogP contribution < -0.4 is 10.6 Å². The summed E-state index contributed by atoms with van der Waals surface area (Å²) in [4.78, 5) is 11.3. The van der Waals surface area contributed by atoms with Gasteiger partial charge >= 0.3 is 0 Å². The van der Waals surface area contributed by atoms with Crippen LogP contribution in [0.25, 0.3) is 0 Å². The molecule has 0 aliphatic carbocycles. The van der Waals surface area contributed by atoms with Crippen LogP contribution in [0.3, 0.4) is 0 Å². The van der Waals surface area contributed by atoms with Crippen molar-refractivity contribution in [3.8, 4) is 0 Å². The van der Waals surface area contributed by atoms with E-state index in [2.05, 4.69) is 22.8 Å². The molecule has 1 heterocycles. The van der Waals surface area contributed by atoms with Crippen LogP contribution in [0.1, 0.15) is 12.0 Å². The Morgan fingerprint density at radius 1 is 1.27 bits per heavy atom. The van der Waals surface area contributed by atoms with E-state index in [1.165, 1.54) is 5.56 Å². The molecule has 1 aromatic rings. The molecule has 1 aliphatic rings. The van der Waals surface area contributed by atoms with Gasteiger partial charge < -0.3 is 10.6 Å². The standard InChI is InChI=1S/C11H12N2OS/c14-10-9(12-11(15)13-10)7-6-8-4-2-1-3-5-8/h1-5,9H,6-7H2,(H2,12,13,14,15). The van der Waals surface area contributed by atoms with Crippen molar-refractivity contribution in [1.29, 1.82) is 0 Å². The second kappa shape index (κ2) is 4.40. The van der Waals surface area contributed by atoms with Crippen molar-refractivity contribution in [2.24, 2.45) is 0 Å². The number of thiocarbonyl (C=S) groups is 1. The zero-order valence-electron chi connectivity index (χ0n) is 8.19. The number of rotatable bonds is 3. The molecule has 78 valence electrons. The summed E-state index contributed by atoms with van der Waals surface area (Å²) in [5.41, 5.74) is 1.24. The van der Waals surface area contributed by atoms with Crippen LogP contribution in [0.2, 0.25) is 0 Å². The van der Waals surface area contributed by atoms with E-state index in [0.29, 0.717) is 5.11 Å². The van der Waals surface area contributed by atoms with Gasteiger partial charge in [0, 0.05) is 0 Å². The first-order valence-corrected chi connectivity index (χ1v) is 5.32. The molecule has 15 heavy (non-hydrogen) atoms. The molecule has 1 aliphatic heterocycles. The molecule has 2 rings (SSSR count). The molecule has 0 aromatic heterocycles. The number of benzene rings is 1. The summed E-state index contributed by atoms with van der Waals surface area (Å²) in [6.45, 7) is 0. The van der Waals surface area contributed by atoms with Gasteiger partial charge in [0.15, 0.2) is 5.11 Å². The van der Waals surface area contributed by atoms with E-state index in [4.69, 9.17) is 12.2 Å². The Bertz CT molecular complexity index is 377. The largest absolute Gasteiger partial charge is 0.351 e. The number of nitrogens with one attached hydrogen (secondary N) is 2. The third-order valence-electron chi connectivity index (χ3n) is 2.42. The maximum absolute atomic E-state index is 11.3. The first kappa shape index (κ1) is 10.1. The predicted molar refractivity (Wildman–Crippen MR) is 62.4 cm³/mol. The van der Waals surface area contributed by atoms with Crippen LogP contribution in [0.5, 0.6) is 0 Å². The molecule has 2 N–H and O–H groups in total. The second-order valence-corrected chi connectivity index (χ2v) is 3.95. The highest BCUT2D eigenvalue weighted by molar-refractivity contribution is 7.80. The van der Waals surface area contributed by atoms with Gasteiger partial charge in [-0.25, -0.2) is 0 Å². The lowest BCUT2D eigenvalue weighted by atomic mass is 10.1. The van der Waals surface area contributed by atoms with Crippen LogP contribution in [0, 0.1) is 0 Å². The molecule has 0 bridgehead atoms. The predicted octanol–water partition coefficient (Wildman–Crippen LogP) is 0.992. The van der Waals surface area contributed by atoms with Crippen molar-refractivity contribution in [3.05, 3.63) is 35.9 Å². The van der Waals surface area contributed by atoms with Crippen LogP contribution in [0.4, 0.5) is 0 Å². The van der Waals surface area contributed by atoms with E-state index >= 15 is 0 Å². The SMILES string of the molecule is O=C1NC(=S)NC1CCc1ccccc1. The van der Waals surface area contributed by atoms with Crippen LogP contribution in [-0.2, 0) is 11.2 Å². The Balaban J connectivity index is 1.89. The molecular formula is C11H12N2OS. The number of carbonyl (C=O) groups is 1. The molecule has 1 amide bonds. The number of carbonyl (C=O) groups excluding carboxylic acids is 1. The highest BCUT2D eigenvalue weighted by Gasteiger charge is 2.26. The average molecular weight is 220 g/mol. The highest BCUT2D eigenvalue weighted by atomic mass is 32.1. The summed E-state index contributed by atoms with van der Waals surface area (Å²) in [5.74, 6) is -0.0177. The van der Waals surface area contributed by atoms with Crippen LogP contribution >= 0.6 is 12.2 Å². The van der Waals surface area contributed by atoms with Gasteiger partial charge in [0.2, 0.25) is 5.91 Å².